The van der Waals surface area contributed by atoms with Gasteiger partial charge in [0.05, 0.1) is 10.0 Å². The highest BCUT2D eigenvalue weighted by Gasteiger charge is 2.17. The van der Waals surface area contributed by atoms with Crippen molar-refractivity contribution in [2.24, 2.45) is 0 Å². The summed E-state index contributed by atoms with van der Waals surface area (Å²) in [4.78, 5) is 0. The lowest BCUT2D eigenvalue weighted by molar-refractivity contribution is 0.324. The van der Waals surface area contributed by atoms with Crippen molar-refractivity contribution in [1.82, 2.24) is 4.72 Å². The number of hydrogen-bond acceptors (Lipinski definition) is 5. The normalized spacial score (nSPS) is 11.5. The molecule has 0 atom stereocenters. The molecule has 0 saturated carbocycles. The van der Waals surface area contributed by atoms with Gasteiger partial charge >= 0.3 is 0 Å². The van der Waals surface area contributed by atoms with Crippen LogP contribution in [0.25, 0.3) is 0 Å². The number of thiophene rings is 1. The Hall–Kier alpha value is -1.28. The SMILES string of the molecule is Cc1cc(S(=O)(=O)NCCOc2ccccc2N)sc1Cl. The summed E-state index contributed by atoms with van der Waals surface area (Å²) >= 11 is 6.91. The van der Waals surface area contributed by atoms with Gasteiger partial charge in [-0.05, 0) is 30.7 Å². The molecule has 0 unspecified atom stereocenters. The van der Waals surface area contributed by atoms with Crippen LogP contribution in [-0.4, -0.2) is 21.6 Å². The number of halogens is 1. The number of nitrogens with one attached hydrogen (secondary N) is 1. The molecule has 0 bridgehead atoms. The van der Waals surface area contributed by atoms with E-state index in [-0.39, 0.29) is 17.4 Å². The molecule has 21 heavy (non-hydrogen) atoms. The number of ether oxygens (including phenoxy) is 1. The van der Waals surface area contributed by atoms with Crippen LogP contribution in [0.2, 0.25) is 4.34 Å². The van der Waals surface area contributed by atoms with Gasteiger partial charge in [-0.2, -0.15) is 0 Å². The minimum Gasteiger partial charge on any atom is -0.490 e. The molecule has 0 aliphatic rings. The van der Waals surface area contributed by atoms with Crippen molar-refractivity contribution in [2.45, 2.75) is 11.1 Å². The monoisotopic (exact) mass is 346 g/mol. The maximum absolute atomic E-state index is 12.0. The second-order valence-corrected chi connectivity index (χ2v) is 7.95. The molecule has 1 heterocycles. The summed E-state index contributed by atoms with van der Waals surface area (Å²) in [7, 11) is -3.55. The van der Waals surface area contributed by atoms with Crippen LogP contribution >= 0.6 is 22.9 Å². The van der Waals surface area contributed by atoms with Gasteiger partial charge in [0.15, 0.2) is 0 Å². The molecule has 0 radical (unpaired) electrons. The summed E-state index contributed by atoms with van der Waals surface area (Å²) in [5, 5.41) is 0. The van der Waals surface area contributed by atoms with Crippen molar-refractivity contribution in [2.75, 3.05) is 18.9 Å². The van der Waals surface area contributed by atoms with Gasteiger partial charge in [0.2, 0.25) is 10.0 Å². The molecule has 8 heteroatoms. The van der Waals surface area contributed by atoms with E-state index >= 15 is 0 Å². The van der Waals surface area contributed by atoms with E-state index in [1.807, 2.05) is 0 Å². The number of rotatable bonds is 6. The van der Waals surface area contributed by atoms with Crippen LogP contribution in [0.4, 0.5) is 5.69 Å². The van der Waals surface area contributed by atoms with Crippen molar-refractivity contribution in [1.29, 1.82) is 0 Å². The summed E-state index contributed by atoms with van der Waals surface area (Å²) in [6.07, 6.45) is 0. The first kappa shape index (κ1) is 16.1. The number of benzene rings is 1. The fraction of sp³-hybridized carbons (Fsp3) is 0.231. The summed E-state index contributed by atoms with van der Waals surface area (Å²) in [5.74, 6) is 0.534. The van der Waals surface area contributed by atoms with Crippen molar-refractivity contribution in [3.8, 4) is 5.75 Å². The van der Waals surface area contributed by atoms with Crippen molar-refractivity contribution >= 4 is 38.6 Å². The highest BCUT2D eigenvalue weighted by Crippen LogP contribution is 2.29. The van der Waals surface area contributed by atoms with Gasteiger partial charge in [0, 0.05) is 6.54 Å². The molecule has 1 aromatic heterocycles. The third kappa shape index (κ3) is 4.10. The third-order valence-corrected chi connectivity index (χ3v) is 6.16. The Balaban J connectivity index is 1.90. The van der Waals surface area contributed by atoms with E-state index in [9.17, 15) is 8.42 Å². The Morgan fingerprint density at radius 2 is 2.10 bits per heavy atom. The van der Waals surface area contributed by atoms with Crippen LogP contribution in [0.15, 0.2) is 34.5 Å². The van der Waals surface area contributed by atoms with Crippen molar-refractivity contribution in [3.05, 3.63) is 40.2 Å². The highest BCUT2D eigenvalue weighted by molar-refractivity contribution is 7.91. The standard InChI is InChI=1S/C13H15ClN2O3S2/c1-9-8-12(20-13(9)14)21(17,18)16-6-7-19-11-5-3-2-4-10(11)15/h2-5,8,16H,6-7,15H2,1H3. The van der Waals surface area contributed by atoms with Crippen LogP contribution in [0.5, 0.6) is 5.75 Å². The van der Waals surface area contributed by atoms with E-state index in [1.54, 1.807) is 37.3 Å². The van der Waals surface area contributed by atoms with Gasteiger partial charge in [-0.15, -0.1) is 11.3 Å². The van der Waals surface area contributed by atoms with E-state index < -0.39 is 10.0 Å². The number of para-hydroxylation sites is 2. The second-order valence-electron chi connectivity index (χ2n) is 4.31. The van der Waals surface area contributed by atoms with Crippen molar-refractivity contribution < 1.29 is 13.2 Å². The molecule has 2 aromatic rings. The van der Waals surface area contributed by atoms with E-state index in [2.05, 4.69) is 4.72 Å². The molecule has 114 valence electrons. The van der Waals surface area contributed by atoms with Crippen LogP contribution in [-0.2, 0) is 10.0 Å². The summed E-state index contributed by atoms with van der Waals surface area (Å²) in [5.41, 5.74) is 6.98. The molecule has 0 aliphatic heterocycles. The van der Waals surface area contributed by atoms with Crippen LogP contribution in [0, 0.1) is 6.92 Å². The molecule has 0 fully saturated rings. The zero-order valence-electron chi connectivity index (χ0n) is 11.3. The van der Waals surface area contributed by atoms with E-state index in [0.717, 1.165) is 16.9 Å². The number of sulfonamides is 1. The maximum Gasteiger partial charge on any atom is 0.250 e. The fourth-order valence-electron chi connectivity index (χ4n) is 1.58. The Morgan fingerprint density at radius 3 is 2.71 bits per heavy atom. The first-order valence-electron chi connectivity index (χ1n) is 6.13. The van der Waals surface area contributed by atoms with Gasteiger partial charge in [-0.1, -0.05) is 23.7 Å². The first-order valence-corrected chi connectivity index (χ1v) is 8.81. The average molecular weight is 347 g/mol. The number of anilines is 1. The topological polar surface area (TPSA) is 81.4 Å². The van der Waals surface area contributed by atoms with E-state index in [1.165, 1.54) is 0 Å². The van der Waals surface area contributed by atoms with Crippen LogP contribution in [0.3, 0.4) is 0 Å². The first-order chi connectivity index (χ1) is 9.90. The molecule has 1 aromatic carbocycles. The second kappa shape index (κ2) is 6.65. The molecule has 0 aliphatic carbocycles. The smallest absolute Gasteiger partial charge is 0.250 e. The molecular formula is C13H15ClN2O3S2. The number of nitrogen functional groups attached to an aromatic ring is 1. The van der Waals surface area contributed by atoms with Gasteiger partial charge < -0.3 is 10.5 Å². The molecule has 0 spiro atoms. The predicted molar refractivity (Wildman–Crippen MR) is 85.6 cm³/mol. The summed E-state index contributed by atoms with van der Waals surface area (Å²) in [6, 6.07) is 8.59. The Morgan fingerprint density at radius 1 is 1.38 bits per heavy atom. The third-order valence-electron chi connectivity index (χ3n) is 2.67. The number of aryl methyl sites for hydroxylation is 1. The molecule has 2 rings (SSSR count). The van der Waals surface area contributed by atoms with Gasteiger partial charge in [-0.25, -0.2) is 13.1 Å². The molecule has 5 nitrogen and oxygen atoms in total. The molecular weight excluding hydrogens is 332 g/mol. The van der Waals surface area contributed by atoms with Crippen LogP contribution < -0.4 is 15.2 Å². The van der Waals surface area contributed by atoms with Crippen LogP contribution in [0.1, 0.15) is 5.56 Å². The minimum absolute atomic E-state index is 0.144. The number of nitrogens with two attached hydrogens (primary N) is 1. The highest BCUT2D eigenvalue weighted by atomic mass is 35.5. The van der Waals surface area contributed by atoms with E-state index in [4.69, 9.17) is 22.1 Å². The lowest BCUT2D eigenvalue weighted by Crippen LogP contribution is -2.27. The maximum atomic E-state index is 12.0. The number of hydrogen-bond donors (Lipinski definition) is 2. The Kier molecular flexibility index (Phi) is 5.10. The predicted octanol–water partition coefficient (Wildman–Crippen LogP) is 2.65. The van der Waals surface area contributed by atoms with Crippen molar-refractivity contribution in [3.63, 3.8) is 0 Å². The zero-order valence-corrected chi connectivity index (χ0v) is 13.7. The average Bonchev–Trinajstić information content (AvgIpc) is 2.77. The zero-order chi connectivity index (χ0) is 15.5. The van der Waals surface area contributed by atoms with Gasteiger partial charge in [0.1, 0.15) is 16.6 Å². The lowest BCUT2D eigenvalue weighted by Gasteiger charge is -2.09. The summed E-state index contributed by atoms with van der Waals surface area (Å²) < 4.78 is 32.6. The molecule has 0 amide bonds. The fourth-order valence-corrected chi connectivity index (χ4v) is 4.35. The Bertz CT molecular complexity index is 709. The van der Waals surface area contributed by atoms with Gasteiger partial charge in [-0.3, -0.25) is 0 Å². The minimum atomic E-state index is -3.55. The molecule has 3 N–H and O–H groups in total. The largest absolute Gasteiger partial charge is 0.490 e. The van der Waals surface area contributed by atoms with E-state index in [0.29, 0.717) is 15.8 Å². The van der Waals surface area contributed by atoms with Gasteiger partial charge in [0.25, 0.3) is 0 Å². The Labute approximate surface area is 132 Å². The molecule has 0 saturated heterocycles. The quantitative estimate of drug-likeness (QED) is 0.622. The lowest BCUT2D eigenvalue weighted by atomic mass is 10.3. The summed E-state index contributed by atoms with van der Waals surface area (Å²) in [6.45, 7) is 2.09.